The zero-order chi connectivity index (χ0) is 13.9. The molecule has 0 bridgehead atoms. The number of carbonyl (C=O) groups is 1. The predicted octanol–water partition coefficient (Wildman–Crippen LogP) is 2.24. The van der Waals surface area contributed by atoms with Crippen LogP contribution in [0.5, 0.6) is 0 Å². The Labute approximate surface area is 131 Å². The molecule has 4 nitrogen and oxygen atoms in total. The fraction of sp³-hybridized carbons (Fsp3) is 0.267. The van der Waals surface area contributed by atoms with Gasteiger partial charge >= 0.3 is 0 Å². The van der Waals surface area contributed by atoms with E-state index in [1.165, 1.54) is 11.1 Å². The third kappa shape index (κ3) is 2.88. The number of nitrogens with one attached hydrogen (secondary N) is 3. The van der Waals surface area contributed by atoms with E-state index in [0.717, 1.165) is 16.5 Å². The molecule has 0 saturated heterocycles. The van der Waals surface area contributed by atoms with Gasteiger partial charge in [-0.25, -0.2) is 0 Å². The molecule has 1 aliphatic rings. The van der Waals surface area contributed by atoms with E-state index in [2.05, 4.69) is 56.4 Å². The molecule has 0 radical (unpaired) electrons. The van der Waals surface area contributed by atoms with Crippen molar-refractivity contribution in [2.75, 3.05) is 13.1 Å². The van der Waals surface area contributed by atoms with Gasteiger partial charge in [0.15, 0.2) is 0 Å². The van der Waals surface area contributed by atoms with Crippen molar-refractivity contribution in [2.45, 2.75) is 12.5 Å². The molecular formula is C15H16IN3O. The molecule has 3 rings (SSSR count). The van der Waals surface area contributed by atoms with Crippen molar-refractivity contribution in [3.05, 3.63) is 56.9 Å². The van der Waals surface area contributed by atoms with Gasteiger partial charge in [-0.15, -0.1) is 0 Å². The second-order valence-corrected chi connectivity index (χ2v) is 6.14. The lowest BCUT2D eigenvalue weighted by molar-refractivity contribution is 0.0944. The first kappa shape index (κ1) is 13.6. The maximum atomic E-state index is 12.0. The summed E-state index contributed by atoms with van der Waals surface area (Å²) in [6, 6.07) is 10.5. The molecule has 1 unspecified atom stereocenters. The summed E-state index contributed by atoms with van der Waals surface area (Å²) in [5.74, 6) is -0.0576. The summed E-state index contributed by atoms with van der Waals surface area (Å²) in [6.07, 6.45) is 2.87. The van der Waals surface area contributed by atoms with Crippen molar-refractivity contribution in [2.24, 2.45) is 0 Å². The summed E-state index contributed by atoms with van der Waals surface area (Å²) in [5, 5.41) is 6.45. The third-order valence-corrected chi connectivity index (χ3v) is 4.20. The highest BCUT2D eigenvalue weighted by Gasteiger charge is 2.19. The lowest BCUT2D eigenvalue weighted by Crippen LogP contribution is -2.38. The second-order valence-electron chi connectivity index (χ2n) is 4.90. The molecule has 1 atom stereocenters. The second kappa shape index (κ2) is 5.97. The number of aromatic nitrogens is 1. The minimum absolute atomic E-state index is 0.0576. The number of benzene rings is 1. The first-order valence-electron chi connectivity index (χ1n) is 6.67. The Hall–Kier alpha value is -1.34. The molecule has 0 spiro atoms. The molecule has 0 fully saturated rings. The normalized spacial score (nSPS) is 17.6. The van der Waals surface area contributed by atoms with E-state index in [0.29, 0.717) is 12.2 Å². The summed E-state index contributed by atoms with van der Waals surface area (Å²) in [6.45, 7) is 1.56. The molecule has 0 saturated carbocycles. The van der Waals surface area contributed by atoms with Crippen LogP contribution in [0.25, 0.3) is 0 Å². The molecule has 1 aromatic carbocycles. The van der Waals surface area contributed by atoms with Gasteiger partial charge in [0.25, 0.3) is 5.91 Å². The van der Waals surface area contributed by atoms with Gasteiger partial charge in [0.2, 0.25) is 0 Å². The minimum Gasteiger partial charge on any atom is -0.356 e. The van der Waals surface area contributed by atoms with Crippen molar-refractivity contribution in [3.8, 4) is 0 Å². The van der Waals surface area contributed by atoms with Crippen LogP contribution >= 0.6 is 22.6 Å². The van der Waals surface area contributed by atoms with Crippen LogP contribution in [0.15, 0.2) is 36.5 Å². The average molecular weight is 381 g/mol. The number of aromatic amines is 1. The van der Waals surface area contributed by atoms with Crippen LogP contribution in [-0.4, -0.2) is 24.0 Å². The molecule has 104 valence electrons. The summed E-state index contributed by atoms with van der Waals surface area (Å²) in [5.41, 5.74) is 3.28. The van der Waals surface area contributed by atoms with Gasteiger partial charge in [-0.05, 0) is 52.7 Å². The molecule has 2 heterocycles. The van der Waals surface area contributed by atoms with Crippen molar-refractivity contribution in [3.63, 3.8) is 0 Å². The summed E-state index contributed by atoms with van der Waals surface area (Å²) in [4.78, 5) is 15.0. The molecule has 2 aromatic rings. The molecule has 1 aromatic heterocycles. The van der Waals surface area contributed by atoms with Gasteiger partial charge in [0.1, 0.15) is 5.69 Å². The summed E-state index contributed by atoms with van der Waals surface area (Å²) < 4.78 is 1.04. The summed E-state index contributed by atoms with van der Waals surface area (Å²) >= 11 is 2.18. The molecule has 1 aliphatic heterocycles. The van der Waals surface area contributed by atoms with Crippen molar-refractivity contribution < 1.29 is 4.79 Å². The number of hydrogen-bond donors (Lipinski definition) is 3. The van der Waals surface area contributed by atoms with Gasteiger partial charge in [0, 0.05) is 22.4 Å². The smallest absolute Gasteiger partial charge is 0.267 e. The number of hydrogen-bond acceptors (Lipinski definition) is 2. The zero-order valence-electron chi connectivity index (χ0n) is 10.9. The highest BCUT2D eigenvalue weighted by molar-refractivity contribution is 14.1. The van der Waals surface area contributed by atoms with Crippen LogP contribution in [0, 0.1) is 3.57 Å². The molecule has 3 N–H and O–H groups in total. The number of amides is 1. The van der Waals surface area contributed by atoms with Gasteiger partial charge in [-0.2, -0.15) is 0 Å². The Balaban J connectivity index is 1.66. The number of rotatable bonds is 3. The number of carbonyl (C=O) groups excluding carboxylic acids is 1. The molecular weight excluding hydrogens is 365 g/mol. The largest absolute Gasteiger partial charge is 0.356 e. The van der Waals surface area contributed by atoms with Gasteiger partial charge < -0.3 is 15.6 Å². The van der Waals surface area contributed by atoms with Crippen LogP contribution < -0.4 is 10.6 Å². The number of halogens is 1. The quantitative estimate of drug-likeness (QED) is 0.715. The van der Waals surface area contributed by atoms with Gasteiger partial charge in [-0.1, -0.05) is 24.3 Å². The van der Waals surface area contributed by atoms with Crippen LogP contribution in [0.2, 0.25) is 0 Å². The Morgan fingerprint density at radius 2 is 2.25 bits per heavy atom. The molecule has 20 heavy (non-hydrogen) atoms. The van der Waals surface area contributed by atoms with E-state index in [1.54, 1.807) is 0 Å². The maximum Gasteiger partial charge on any atom is 0.267 e. The van der Waals surface area contributed by atoms with E-state index in [1.807, 2.05) is 18.3 Å². The molecule has 1 amide bonds. The lowest BCUT2D eigenvalue weighted by atomic mass is 9.94. The SMILES string of the molecule is O=C(NCC1NCCc2ccccc21)c1cc(I)c[nH]1. The monoisotopic (exact) mass is 381 g/mol. The third-order valence-electron chi connectivity index (χ3n) is 3.57. The van der Waals surface area contributed by atoms with Crippen LogP contribution in [0.3, 0.4) is 0 Å². The summed E-state index contributed by atoms with van der Waals surface area (Å²) in [7, 11) is 0. The Bertz CT molecular complexity index is 623. The van der Waals surface area contributed by atoms with Crippen LogP contribution in [-0.2, 0) is 6.42 Å². The highest BCUT2D eigenvalue weighted by Crippen LogP contribution is 2.21. The molecule has 5 heteroatoms. The van der Waals surface area contributed by atoms with Gasteiger partial charge in [-0.3, -0.25) is 4.79 Å². The van der Waals surface area contributed by atoms with Crippen LogP contribution in [0.1, 0.15) is 27.7 Å². The van der Waals surface area contributed by atoms with Crippen molar-refractivity contribution >= 4 is 28.5 Å². The van der Waals surface area contributed by atoms with E-state index in [9.17, 15) is 4.79 Å². The standard InChI is InChI=1S/C15H16IN3O/c16-11-7-13(18-8-11)15(20)19-9-14-12-4-2-1-3-10(12)5-6-17-14/h1-4,7-8,14,17-18H,5-6,9H2,(H,19,20). The fourth-order valence-electron chi connectivity index (χ4n) is 2.56. The number of fused-ring (bicyclic) bond motifs is 1. The molecule has 0 aliphatic carbocycles. The van der Waals surface area contributed by atoms with E-state index in [-0.39, 0.29) is 11.9 Å². The fourth-order valence-corrected chi connectivity index (χ4v) is 3.03. The highest BCUT2D eigenvalue weighted by atomic mass is 127. The van der Waals surface area contributed by atoms with Crippen molar-refractivity contribution in [1.29, 1.82) is 0 Å². The first-order chi connectivity index (χ1) is 9.74. The zero-order valence-corrected chi connectivity index (χ0v) is 13.1. The van der Waals surface area contributed by atoms with E-state index < -0.39 is 0 Å². The Morgan fingerprint density at radius 1 is 1.40 bits per heavy atom. The van der Waals surface area contributed by atoms with Crippen LogP contribution in [0.4, 0.5) is 0 Å². The maximum absolute atomic E-state index is 12.0. The van der Waals surface area contributed by atoms with E-state index >= 15 is 0 Å². The Kier molecular flexibility index (Phi) is 4.07. The first-order valence-corrected chi connectivity index (χ1v) is 7.75. The lowest BCUT2D eigenvalue weighted by Gasteiger charge is -2.27. The average Bonchev–Trinajstić information content (AvgIpc) is 2.91. The number of H-pyrrole nitrogens is 1. The minimum atomic E-state index is -0.0576. The topological polar surface area (TPSA) is 56.9 Å². The van der Waals surface area contributed by atoms with Gasteiger partial charge in [0.05, 0.1) is 0 Å². The van der Waals surface area contributed by atoms with Crippen molar-refractivity contribution in [1.82, 2.24) is 15.6 Å². The predicted molar refractivity (Wildman–Crippen MR) is 86.7 cm³/mol. The van der Waals surface area contributed by atoms with E-state index in [4.69, 9.17) is 0 Å². The Morgan fingerprint density at radius 3 is 3.05 bits per heavy atom.